The third-order valence-electron chi connectivity index (χ3n) is 4.38. The predicted octanol–water partition coefficient (Wildman–Crippen LogP) is 4.16. The lowest BCUT2D eigenvalue weighted by atomic mass is 10.1. The van der Waals surface area contributed by atoms with Gasteiger partial charge in [-0.05, 0) is 58.9 Å². The average Bonchev–Trinajstić information content (AvgIpc) is 3.05. The van der Waals surface area contributed by atoms with Crippen LogP contribution in [-0.4, -0.2) is 25.9 Å². The van der Waals surface area contributed by atoms with Crippen LogP contribution in [0.5, 0.6) is 0 Å². The van der Waals surface area contributed by atoms with E-state index in [1.165, 1.54) is 0 Å². The Balaban J connectivity index is 1.67. The number of anilines is 2. The van der Waals surface area contributed by atoms with Crippen LogP contribution in [0.25, 0.3) is 0 Å². The molecule has 0 fully saturated rings. The summed E-state index contributed by atoms with van der Waals surface area (Å²) in [7, 11) is 0. The number of carbonyl (C=O) groups excluding carboxylic acids is 1. The summed E-state index contributed by atoms with van der Waals surface area (Å²) < 4.78 is 1.97. The number of hydrogen-bond acceptors (Lipinski definition) is 5. The molecule has 0 bridgehead atoms. The van der Waals surface area contributed by atoms with Crippen molar-refractivity contribution >= 4 is 17.4 Å². The van der Waals surface area contributed by atoms with Crippen LogP contribution in [0.1, 0.15) is 55.5 Å². The van der Waals surface area contributed by atoms with Crippen molar-refractivity contribution in [2.24, 2.45) is 0 Å². The van der Waals surface area contributed by atoms with Gasteiger partial charge in [-0.15, -0.1) is 10.2 Å². The van der Waals surface area contributed by atoms with Crippen molar-refractivity contribution in [3.63, 3.8) is 0 Å². The van der Waals surface area contributed by atoms with Crippen molar-refractivity contribution in [2.45, 2.75) is 46.2 Å². The Hall–Kier alpha value is -3.22. The minimum absolute atomic E-state index is 0.00870. The maximum atomic E-state index is 12.3. The molecule has 2 N–H and O–H groups in total. The van der Waals surface area contributed by atoms with Crippen LogP contribution >= 0.6 is 0 Å². The summed E-state index contributed by atoms with van der Waals surface area (Å²) in [5.41, 5.74) is 2.98. The van der Waals surface area contributed by atoms with Gasteiger partial charge in [0.05, 0.1) is 17.3 Å². The molecule has 0 aliphatic rings. The summed E-state index contributed by atoms with van der Waals surface area (Å²) in [5.74, 6) is 0.312. The molecule has 0 saturated carbocycles. The second-order valence-electron chi connectivity index (χ2n) is 7.78. The van der Waals surface area contributed by atoms with Crippen LogP contribution in [-0.2, 0) is 5.54 Å². The van der Waals surface area contributed by atoms with Gasteiger partial charge in [-0.2, -0.15) is 5.10 Å². The second-order valence-corrected chi connectivity index (χ2v) is 7.78. The minimum atomic E-state index is -0.291. The molecule has 3 aromatic rings. The zero-order valence-electron chi connectivity index (χ0n) is 16.9. The Labute approximate surface area is 165 Å². The molecule has 3 rings (SSSR count). The number of aromatic nitrogens is 4. The van der Waals surface area contributed by atoms with Gasteiger partial charge in [0, 0.05) is 17.4 Å². The quantitative estimate of drug-likeness (QED) is 0.696. The van der Waals surface area contributed by atoms with Crippen LogP contribution < -0.4 is 10.6 Å². The van der Waals surface area contributed by atoms with Gasteiger partial charge in [-0.3, -0.25) is 9.48 Å². The highest BCUT2D eigenvalue weighted by Crippen LogP contribution is 2.23. The third kappa shape index (κ3) is 4.54. The van der Waals surface area contributed by atoms with Crippen LogP contribution in [0.4, 0.5) is 11.5 Å². The number of hydrogen-bond donors (Lipinski definition) is 2. The number of nitrogens with zero attached hydrogens (tertiary/aromatic N) is 4. The highest BCUT2D eigenvalue weighted by atomic mass is 16.1. The molecular weight excluding hydrogens is 352 g/mol. The second kappa shape index (κ2) is 7.80. The summed E-state index contributed by atoms with van der Waals surface area (Å²) in [6.45, 7) is 10.4. The first-order valence-corrected chi connectivity index (χ1v) is 9.27. The maximum Gasteiger partial charge on any atom is 0.276 e. The van der Waals surface area contributed by atoms with Crippen LogP contribution in [0.3, 0.4) is 0 Å². The van der Waals surface area contributed by atoms with Crippen molar-refractivity contribution in [2.75, 3.05) is 10.6 Å². The molecule has 7 nitrogen and oxygen atoms in total. The third-order valence-corrected chi connectivity index (χ3v) is 4.38. The lowest BCUT2D eigenvalue weighted by Crippen LogP contribution is -2.22. The highest BCUT2D eigenvalue weighted by Gasteiger charge is 2.19. The molecule has 146 valence electrons. The topological polar surface area (TPSA) is 84.7 Å². The van der Waals surface area contributed by atoms with E-state index in [2.05, 4.69) is 59.8 Å². The van der Waals surface area contributed by atoms with Crippen LogP contribution in [0.2, 0.25) is 0 Å². The normalized spacial score (nSPS) is 12.5. The van der Waals surface area contributed by atoms with Gasteiger partial charge in [0.2, 0.25) is 0 Å². The van der Waals surface area contributed by atoms with Gasteiger partial charge >= 0.3 is 0 Å². The Morgan fingerprint density at radius 2 is 1.79 bits per heavy atom. The molecule has 0 aliphatic carbocycles. The maximum absolute atomic E-state index is 12.3. The van der Waals surface area contributed by atoms with E-state index >= 15 is 0 Å². The fraction of sp³-hybridized carbons (Fsp3) is 0.333. The largest absolute Gasteiger partial charge is 0.362 e. The monoisotopic (exact) mass is 378 g/mol. The first-order chi connectivity index (χ1) is 13.2. The van der Waals surface area contributed by atoms with Gasteiger partial charge in [0.25, 0.3) is 5.91 Å². The SMILES string of the molecule is Cc1nn(C(C)(C)C)cc1C(C)Nc1ccc(C(=O)Nc2ccccc2)nn1. The Morgan fingerprint density at radius 1 is 1.07 bits per heavy atom. The summed E-state index contributed by atoms with van der Waals surface area (Å²) >= 11 is 0. The number of nitrogens with one attached hydrogen (secondary N) is 2. The van der Waals surface area contributed by atoms with E-state index in [-0.39, 0.29) is 23.2 Å². The Kier molecular flexibility index (Phi) is 5.44. The summed E-state index contributed by atoms with van der Waals surface area (Å²) in [6.07, 6.45) is 2.06. The molecule has 1 amide bonds. The smallest absolute Gasteiger partial charge is 0.276 e. The van der Waals surface area contributed by atoms with E-state index in [0.717, 1.165) is 16.9 Å². The molecule has 2 heterocycles. The average molecular weight is 378 g/mol. The lowest BCUT2D eigenvalue weighted by molar-refractivity contribution is 0.102. The van der Waals surface area contributed by atoms with E-state index in [4.69, 9.17) is 0 Å². The number of benzene rings is 1. The van der Waals surface area contributed by atoms with Gasteiger partial charge in [0.1, 0.15) is 5.82 Å². The zero-order chi connectivity index (χ0) is 20.3. The molecular formula is C21H26N6O. The summed E-state index contributed by atoms with van der Waals surface area (Å²) in [5, 5.41) is 18.9. The van der Waals surface area contributed by atoms with Crippen molar-refractivity contribution in [1.82, 2.24) is 20.0 Å². The number of para-hydroxylation sites is 1. The predicted molar refractivity (Wildman–Crippen MR) is 110 cm³/mol. The van der Waals surface area contributed by atoms with Crippen LogP contribution in [0, 0.1) is 6.92 Å². The van der Waals surface area contributed by atoms with Crippen molar-refractivity contribution in [1.29, 1.82) is 0 Å². The molecule has 0 spiro atoms. The fourth-order valence-electron chi connectivity index (χ4n) is 2.79. The molecule has 2 aromatic heterocycles. The number of amides is 1. The van der Waals surface area contributed by atoms with E-state index in [9.17, 15) is 4.79 Å². The Morgan fingerprint density at radius 3 is 2.36 bits per heavy atom. The lowest BCUT2D eigenvalue weighted by Gasteiger charge is -2.19. The van der Waals surface area contributed by atoms with Crippen molar-refractivity contribution in [3.05, 3.63) is 65.6 Å². The van der Waals surface area contributed by atoms with E-state index in [0.29, 0.717) is 5.82 Å². The van der Waals surface area contributed by atoms with Crippen molar-refractivity contribution in [3.8, 4) is 0 Å². The van der Waals surface area contributed by atoms with E-state index < -0.39 is 0 Å². The molecule has 0 saturated heterocycles. The van der Waals surface area contributed by atoms with Gasteiger partial charge in [0.15, 0.2) is 5.69 Å². The molecule has 1 unspecified atom stereocenters. The number of aryl methyl sites for hydroxylation is 1. The molecule has 0 radical (unpaired) electrons. The van der Waals surface area contributed by atoms with Crippen LogP contribution in [0.15, 0.2) is 48.7 Å². The zero-order valence-corrected chi connectivity index (χ0v) is 16.9. The molecule has 1 aromatic carbocycles. The van der Waals surface area contributed by atoms with E-state index in [1.54, 1.807) is 12.1 Å². The molecule has 1 atom stereocenters. The number of carbonyl (C=O) groups is 1. The van der Waals surface area contributed by atoms with Crippen molar-refractivity contribution < 1.29 is 4.79 Å². The highest BCUT2D eigenvalue weighted by molar-refractivity contribution is 6.02. The van der Waals surface area contributed by atoms with Gasteiger partial charge in [-0.1, -0.05) is 18.2 Å². The van der Waals surface area contributed by atoms with Gasteiger partial charge in [-0.25, -0.2) is 0 Å². The number of rotatable bonds is 5. The minimum Gasteiger partial charge on any atom is -0.362 e. The first kappa shape index (κ1) is 19.5. The molecule has 28 heavy (non-hydrogen) atoms. The van der Waals surface area contributed by atoms with E-state index in [1.807, 2.05) is 41.9 Å². The molecule has 0 aliphatic heterocycles. The summed E-state index contributed by atoms with van der Waals surface area (Å²) in [6, 6.07) is 12.7. The summed E-state index contributed by atoms with van der Waals surface area (Å²) in [4.78, 5) is 12.3. The van der Waals surface area contributed by atoms with Gasteiger partial charge < -0.3 is 10.6 Å². The molecule has 7 heteroatoms. The Bertz CT molecular complexity index is 941. The standard InChI is InChI=1S/C21H26N6O/c1-14(17-13-27(21(3,4)5)26-15(17)2)22-19-12-11-18(24-25-19)20(28)23-16-9-7-6-8-10-16/h6-14H,1-5H3,(H,22,25)(H,23,28). The fourth-order valence-corrected chi connectivity index (χ4v) is 2.79. The first-order valence-electron chi connectivity index (χ1n) is 9.27.